The lowest BCUT2D eigenvalue weighted by Crippen LogP contribution is -2.25. The molecular weight excluding hydrogens is 554 g/mol. The van der Waals surface area contributed by atoms with Gasteiger partial charge in [-0.1, -0.05) is 93.6 Å². The number of nitrogens with zero attached hydrogens (tertiary/aromatic N) is 4. The Morgan fingerprint density at radius 3 is 2.19 bits per heavy atom. The molecule has 0 fully saturated rings. The molecule has 0 radical (unpaired) electrons. The highest BCUT2D eigenvalue weighted by Crippen LogP contribution is 2.23. The fraction of sp³-hybridized carbons (Fsp3) is 0.286. The van der Waals surface area contributed by atoms with Gasteiger partial charge in [0.05, 0.1) is 17.1 Å². The second-order valence-corrected chi connectivity index (χ2v) is 12.9. The maximum absolute atomic E-state index is 13.0. The molecule has 5 aromatic rings. The van der Waals surface area contributed by atoms with E-state index in [-0.39, 0.29) is 11.1 Å². The van der Waals surface area contributed by atoms with Gasteiger partial charge in [0.1, 0.15) is 11.6 Å². The van der Waals surface area contributed by atoms with Crippen molar-refractivity contribution in [3.63, 3.8) is 0 Å². The molecule has 8 heteroatoms. The summed E-state index contributed by atoms with van der Waals surface area (Å²) in [5.74, 6) is 1.39. The van der Waals surface area contributed by atoms with E-state index < -0.39 is 11.0 Å². The van der Waals surface area contributed by atoms with Gasteiger partial charge in [-0.2, -0.15) is 5.10 Å². The van der Waals surface area contributed by atoms with Crippen molar-refractivity contribution >= 4 is 16.8 Å². The van der Waals surface area contributed by atoms with Gasteiger partial charge in [0, 0.05) is 18.5 Å². The highest BCUT2D eigenvalue weighted by atomic mass is 32.2. The Morgan fingerprint density at radius 2 is 1.51 bits per heavy atom. The summed E-state index contributed by atoms with van der Waals surface area (Å²) in [5, 5.41) is 4.71. The minimum atomic E-state index is -1.38. The number of aryl methyl sites for hydroxylation is 2. The van der Waals surface area contributed by atoms with Crippen LogP contribution in [0.3, 0.4) is 0 Å². The zero-order chi connectivity index (χ0) is 30.4. The predicted molar refractivity (Wildman–Crippen MR) is 175 cm³/mol. The van der Waals surface area contributed by atoms with Crippen LogP contribution in [0.4, 0.5) is 5.82 Å². The molecule has 3 aromatic carbocycles. The summed E-state index contributed by atoms with van der Waals surface area (Å²) in [4.78, 5) is 18.4. The number of hydrogen-bond acceptors (Lipinski definition) is 4. The average Bonchev–Trinajstić information content (AvgIpc) is 3.31. The van der Waals surface area contributed by atoms with Crippen molar-refractivity contribution in [2.24, 2.45) is 0 Å². The molecule has 0 amide bonds. The first kappa shape index (κ1) is 30.2. The minimum Gasteiger partial charge on any atom is -0.285 e. The third kappa shape index (κ3) is 7.56. The monoisotopic (exact) mass is 593 g/mol. The van der Waals surface area contributed by atoms with Crippen LogP contribution >= 0.6 is 0 Å². The lowest BCUT2D eigenvalue weighted by atomic mass is 9.87. The van der Waals surface area contributed by atoms with Crippen molar-refractivity contribution in [1.29, 1.82) is 0 Å². The summed E-state index contributed by atoms with van der Waals surface area (Å²) in [6.45, 7) is 9.66. The second kappa shape index (κ2) is 13.3. The molecule has 1 N–H and O–H groups in total. The smallest absolute Gasteiger partial charge is 0.285 e. The Kier molecular flexibility index (Phi) is 9.36. The van der Waals surface area contributed by atoms with Crippen LogP contribution in [0.1, 0.15) is 56.6 Å². The van der Waals surface area contributed by atoms with Crippen LogP contribution in [0.5, 0.6) is 0 Å². The van der Waals surface area contributed by atoms with Crippen LogP contribution in [0.25, 0.3) is 11.3 Å². The highest BCUT2D eigenvalue weighted by Gasteiger charge is 2.15. The molecule has 2 heterocycles. The van der Waals surface area contributed by atoms with Crippen molar-refractivity contribution in [2.75, 3.05) is 4.72 Å². The molecule has 222 valence electrons. The van der Waals surface area contributed by atoms with Gasteiger partial charge in [-0.05, 0) is 66.1 Å². The van der Waals surface area contributed by atoms with Crippen molar-refractivity contribution in [2.45, 2.75) is 70.4 Å². The minimum absolute atomic E-state index is 0.0569. The van der Waals surface area contributed by atoms with Crippen LogP contribution in [0, 0.1) is 0 Å². The maximum Gasteiger partial charge on any atom is 0.346 e. The van der Waals surface area contributed by atoms with Gasteiger partial charge < -0.3 is 0 Å². The second-order valence-electron chi connectivity index (χ2n) is 11.7. The fourth-order valence-corrected chi connectivity index (χ4v) is 5.84. The van der Waals surface area contributed by atoms with E-state index >= 15 is 0 Å². The SMILES string of the molecule is CCn1c(CCCc2ccc(-c3cccc(NS(=O)c4ccccc4)n3)cc2)nn(Cc2ccc(C(C)(C)C)cc2)c1=O. The molecule has 0 aliphatic rings. The molecular formula is C35H39N5O2S. The molecule has 2 aromatic heterocycles. The predicted octanol–water partition coefficient (Wildman–Crippen LogP) is 6.78. The van der Waals surface area contributed by atoms with Crippen molar-refractivity contribution in [1.82, 2.24) is 19.3 Å². The van der Waals surface area contributed by atoms with Crippen LogP contribution in [-0.4, -0.2) is 23.5 Å². The van der Waals surface area contributed by atoms with E-state index in [1.807, 2.05) is 55.5 Å². The number of benzene rings is 3. The topological polar surface area (TPSA) is 81.8 Å². The number of anilines is 1. The Hall–Kier alpha value is -4.30. The maximum atomic E-state index is 13.0. The van der Waals surface area contributed by atoms with Gasteiger partial charge in [-0.25, -0.2) is 18.7 Å². The van der Waals surface area contributed by atoms with E-state index in [9.17, 15) is 9.00 Å². The van der Waals surface area contributed by atoms with Crippen LogP contribution < -0.4 is 10.4 Å². The van der Waals surface area contributed by atoms with Gasteiger partial charge in [0.25, 0.3) is 0 Å². The first-order valence-corrected chi connectivity index (χ1v) is 15.9. The normalized spacial score (nSPS) is 12.3. The summed E-state index contributed by atoms with van der Waals surface area (Å²) in [7, 11) is -1.38. The standard InChI is InChI=1S/C35H39N5O2S/c1-5-39-33(37-40(34(39)41)25-27-19-23-29(24-20-27)35(2,3)4)16-9-11-26-17-21-28(22-18-26)31-14-10-15-32(36-31)38-43(42)30-12-7-6-8-13-30/h6-8,10,12-15,17-24H,5,9,11,16,25H2,1-4H3,(H,36,38). The van der Waals surface area contributed by atoms with E-state index in [1.165, 1.54) is 11.1 Å². The lowest BCUT2D eigenvalue weighted by molar-refractivity contribution is 0.588. The molecule has 43 heavy (non-hydrogen) atoms. The first-order chi connectivity index (χ1) is 20.7. The van der Waals surface area contributed by atoms with Gasteiger partial charge in [-0.15, -0.1) is 0 Å². The molecule has 1 atom stereocenters. The van der Waals surface area contributed by atoms with E-state index in [0.29, 0.717) is 23.8 Å². The largest absolute Gasteiger partial charge is 0.346 e. The first-order valence-electron chi connectivity index (χ1n) is 14.8. The third-order valence-electron chi connectivity index (χ3n) is 7.49. The molecule has 0 aliphatic carbocycles. The number of pyridine rings is 1. The Balaban J connectivity index is 1.19. The van der Waals surface area contributed by atoms with Crippen LogP contribution in [-0.2, 0) is 42.3 Å². The summed E-state index contributed by atoms with van der Waals surface area (Å²) in [6, 6.07) is 31.8. The van der Waals surface area contributed by atoms with E-state index in [4.69, 9.17) is 5.10 Å². The summed E-state index contributed by atoms with van der Waals surface area (Å²) >= 11 is 0. The highest BCUT2D eigenvalue weighted by molar-refractivity contribution is 7.86. The Morgan fingerprint density at radius 1 is 0.814 bits per heavy atom. The number of rotatable bonds is 11. The molecule has 5 rings (SSSR count). The van der Waals surface area contributed by atoms with Crippen molar-refractivity contribution < 1.29 is 4.21 Å². The molecule has 7 nitrogen and oxygen atoms in total. The molecule has 1 unspecified atom stereocenters. The van der Waals surface area contributed by atoms with E-state index in [1.54, 1.807) is 9.25 Å². The molecule has 0 aliphatic heterocycles. The van der Waals surface area contributed by atoms with E-state index in [2.05, 4.69) is 79.0 Å². The summed E-state index contributed by atoms with van der Waals surface area (Å²) in [6.07, 6.45) is 2.50. The lowest BCUT2D eigenvalue weighted by Gasteiger charge is -2.19. The molecule has 0 saturated carbocycles. The summed E-state index contributed by atoms with van der Waals surface area (Å²) in [5.41, 5.74) is 5.40. The number of hydrogen-bond donors (Lipinski definition) is 1. The van der Waals surface area contributed by atoms with Gasteiger partial charge in [-0.3, -0.25) is 9.29 Å². The van der Waals surface area contributed by atoms with Crippen molar-refractivity contribution in [3.05, 3.63) is 130 Å². The van der Waals surface area contributed by atoms with Gasteiger partial charge in [0.2, 0.25) is 0 Å². The molecule has 0 saturated heterocycles. The van der Waals surface area contributed by atoms with Crippen LogP contribution in [0.15, 0.2) is 107 Å². The Labute approximate surface area is 256 Å². The quantitative estimate of drug-likeness (QED) is 0.183. The van der Waals surface area contributed by atoms with Gasteiger partial charge in [0.15, 0.2) is 11.0 Å². The zero-order valence-corrected chi connectivity index (χ0v) is 26.1. The van der Waals surface area contributed by atoms with Gasteiger partial charge >= 0.3 is 5.69 Å². The van der Waals surface area contributed by atoms with Crippen molar-refractivity contribution in [3.8, 4) is 11.3 Å². The average molecular weight is 594 g/mol. The fourth-order valence-electron chi connectivity index (χ4n) is 5.02. The molecule has 0 bridgehead atoms. The number of aromatic nitrogens is 4. The van der Waals surface area contributed by atoms with Crippen LogP contribution in [0.2, 0.25) is 0 Å². The molecule has 0 spiro atoms. The number of nitrogens with one attached hydrogen (secondary N) is 1. The van der Waals surface area contributed by atoms with E-state index in [0.717, 1.165) is 41.9 Å². The zero-order valence-electron chi connectivity index (χ0n) is 25.3. The summed E-state index contributed by atoms with van der Waals surface area (Å²) < 4.78 is 19.0. The Bertz CT molecular complexity index is 1730. The third-order valence-corrected chi connectivity index (χ3v) is 8.58.